The van der Waals surface area contributed by atoms with Crippen molar-refractivity contribution in [3.63, 3.8) is 0 Å². The van der Waals surface area contributed by atoms with E-state index in [0.717, 1.165) is 0 Å². The maximum absolute atomic E-state index is 12.9. The van der Waals surface area contributed by atoms with Gasteiger partial charge < -0.3 is 19.4 Å². The number of piperidine rings is 1. The van der Waals surface area contributed by atoms with E-state index in [0.29, 0.717) is 67.5 Å². The third-order valence-corrected chi connectivity index (χ3v) is 5.30. The van der Waals surface area contributed by atoms with E-state index in [9.17, 15) is 14.4 Å². The van der Waals surface area contributed by atoms with Crippen LogP contribution in [0.3, 0.4) is 0 Å². The summed E-state index contributed by atoms with van der Waals surface area (Å²) in [6.07, 6.45) is 2.77. The van der Waals surface area contributed by atoms with E-state index in [1.54, 1.807) is 35.4 Å². The topological polar surface area (TPSA) is 88.7 Å². The summed E-state index contributed by atoms with van der Waals surface area (Å²) in [6.45, 7) is 3.48. The molecule has 7 heteroatoms. The van der Waals surface area contributed by atoms with Crippen molar-refractivity contribution in [2.75, 3.05) is 26.3 Å². The number of ketones is 2. The fourth-order valence-electron chi connectivity index (χ4n) is 3.67. The zero-order chi connectivity index (χ0) is 19.7. The summed E-state index contributed by atoms with van der Waals surface area (Å²) in [5.41, 5.74) is 1.51. The van der Waals surface area contributed by atoms with Crippen molar-refractivity contribution in [2.45, 2.75) is 19.8 Å². The number of carbonyl (C=O) groups is 3. The molecule has 0 spiro atoms. The maximum Gasteiger partial charge on any atom is 0.270 e. The monoisotopic (exact) mass is 382 g/mol. The fourth-order valence-corrected chi connectivity index (χ4v) is 3.67. The van der Waals surface area contributed by atoms with Crippen LogP contribution in [-0.2, 0) is 0 Å². The zero-order valence-electron chi connectivity index (χ0n) is 15.7. The van der Waals surface area contributed by atoms with Crippen LogP contribution in [-0.4, -0.2) is 53.7 Å². The van der Waals surface area contributed by atoms with Crippen molar-refractivity contribution in [3.8, 4) is 11.5 Å². The molecule has 0 aliphatic carbocycles. The summed E-state index contributed by atoms with van der Waals surface area (Å²) in [4.78, 5) is 41.5. The Bertz CT molecular complexity index is 925. The Kier molecular flexibility index (Phi) is 4.90. The van der Waals surface area contributed by atoms with Crippen LogP contribution in [0.2, 0.25) is 0 Å². The number of Topliss-reactive ketones (excluding diaryl/α,β-unsaturated/α-hetero) is 2. The van der Waals surface area contributed by atoms with Gasteiger partial charge in [-0.15, -0.1) is 0 Å². The number of aromatic amines is 1. The highest BCUT2D eigenvalue weighted by atomic mass is 16.6. The van der Waals surface area contributed by atoms with Gasteiger partial charge in [0.05, 0.1) is 0 Å². The number of ether oxygens (including phenoxy) is 2. The second-order valence-electron chi connectivity index (χ2n) is 7.15. The van der Waals surface area contributed by atoms with Crippen molar-refractivity contribution in [1.82, 2.24) is 9.88 Å². The number of hydrogen-bond acceptors (Lipinski definition) is 5. The van der Waals surface area contributed by atoms with Crippen LogP contribution in [0.5, 0.6) is 11.5 Å². The summed E-state index contributed by atoms with van der Waals surface area (Å²) in [5.74, 6) is 0.999. The molecule has 1 amide bonds. The minimum Gasteiger partial charge on any atom is -0.486 e. The average molecular weight is 382 g/mol. The molecule has 7 nitrogen and oxygen atoms in total. The van der Waals surface area contributed by atoms with E-state index in [2.05, 4.69) is 4.98 Å². The lowest BCUT2D eigenvalue weighted by molar-refractivity contribution is 0.0646. The molecule has 2 aliphatic heterocycles. The first-order chi connectivity index (χ1) is 13.5. The van der Waals surface area contributed by atoms with Gasteiger partial charge >= 0.3 is 0 Å². The lowest BCUT2D eigenvalue weighted by Crippen LogP contribution is -2.40. The standard InChI is InChI=1S/C21H22N2O5/c1-13(24)16-10-17(22-12-16)21(26)23-6-4-14(5-7-23)20(25)15-2-3-18-19(11-15)28-9-8-27-18/h2-3,10-12,14,22H,4-9H2,1H3. The summed E-state index contributed by atoms with van der Waals surface area (Å²) >= 11 is 0. The molecule has 4 rings (SSSR count). The molecule has 0 saturated carbocycles. The number of rotatable bonds is 4. The van der Waals surface area contributed by atoms with Crippen LogP contribution >= 0.6 is 0 Å². The number of hydrogen-bond donors (Lipinski definition) is 1. The molecule has 2 aliphatic rings. The number of H-pyrrole nitrogens is 1. The summed E-state index contributed by atoms with van der Waals surface area (Å²) in [6, 6.07) is 6.88. The Balaban J connectivity index is 1.38. The Labute approximate surface area is 162 Å². The molecule has 28 heavy (non-hydrogen) atoms. The third-order valence-electron chi connectivity index (χ3n) is 5.30. The predicted molar refractivity (Wildman–Crippen MR) is 101 cm³/mol. The van der Waals surface area contributed by atoms with Gasteiger partial charge in [-0.2, -0.15) is 0 Å². The summed E-state index contributed by atoms with van der Waals surface area (Å²) < 4.78 is 11.1. The number of likely N-dealkylation sites (tertiary alicyclic amines) is 1. The molecular formula is C21H22N2O5. The van der Waals surface area contributed by atoms with Gasteiger partial charge in [-0.05, 0) is 44.0 Å². The van der Waals surface area contributed by atoms with Crippen molar-refractivity contribution < 1.29 is 23.9 Å². The van der Waals surface area contributed by atoms with Gasteiger partial charge in [0.15, 0.2) is 23.1 Å². The van der Waals surface area contributed by atoms with Gasteiger partial charge in [0.1, 0.15) is 18.9 Å². The van der Waals surface area contributed by atoms with Crippen LogP contribution < -0.4 is 9.47 Å². The van der Waals surface area contributed by atoms with E-state index in [1.165, 1.54) is 6.92 Å². The minimum atomic E-state index is -0.141. The van der Waals surface area contributed by atoms with E-state index in [-0.39, 0.29) is 23.4 Å². The number of amides is 1. The molecule has 146 valence electrons. The molecule has 0 unspecified atom stereocenters. The Morgan fingerprint density at radius 1 is 1.00 bits per heavy atom. The molecule has 2 aromatic rings. The Morgan fingerprint density at radius 3 is 2.39 bits per heavy atom. The van der Waals surface area contributed by atoms with Crippen molar-refractivity contribution in [1.29, 1.82) is 0 Å². The van der Waals surface area contributed by atoms with Crippen LogP contribution in [0.4, 0.5) is 0 Å². The lowest BCUT2D eigenvalue weighted by atomic mass is 9.88. The highest BCUT2D eigenvalue weighted by Gasteiger charge is 2.29. The first-order valence-electron chi connectivity index (χ1n) is 9.45. The fraction of sp³-hybridized carbons (Fsp3) is 0.381. The molecule has 3 heterocycles. The average Bonchev–Trinajstić information content (AvgIpc) is 3.23. The molecule has 1 fully saturated rings. The second-order valence-corrected chi connectivity index (χ2v) is 7.15. The highest BCUT2D eigenvalue weighted by Crippen LogP contribution is 2.32. The zero-order valence-corrected chi connectivity index (χ0v) is 15.7. The smallest absolute Gasteiger partial charge is 0.270 e. The van der Waals surface area contributed by atoms with Crippen LogP contribution in [0.25, 0.3) is 0 Å². The maximum atomic E-state index is 12.9. The molecule has 1 saturated heterocycles. The van der Waals surface area contributed by atoms with E-state index in [1.807, 2.05) is 0 Å². The number of carbonyl (C=O) groups excluding carboxylic acids is 3. The number of nitrogens with zero attached hydrogens (tertiary/aromatic N) is 1. The second kappa shape index (κ2) is 7.50. The van der Waals surface area contributed by atoms with Crippen LogP contribution in [0.15, 0.2) is 30.5 Å². The van der Waals surface area contributed by atoms with Gasteiger partial charge in [-0.1, -0.05) is 0 Å². The van der Waals surface area contributed by atoms with Gasteiger partial charge in [0.25, 0.3) is 5.91 Å². The summed E-state index contributed by atoms with van der Waals surface area (Å²) in [7, 11) is 0. The Hall–Kier alpha value is -3.09. The largest absolute Gasteiger partial charge is 0.486 e. The van der Waals surface area contributed by atoms with E-state index >= 15 is 0 Å². The van der Waals surface area contributed by atoms with E-state index in [4.69, 9.17) is 9.47 Å². The Morgan fingerprint density at radius 2 is 1.71 bits per heavy atom. The van der Waals surface area contributed by atoms with Crippen LogP contribution in [0, 0.1) is 5.92 Å². The van der Waals surface area contributed by atoms with Crippen molar-refractivity contribution in [3.05, 3.63) is 47.3 Å². The van der Waals surface area contributed by atoms with Crippen molar-refractivity contribution in [2.24, 2.45) is 5.92 Å². The lowest BCUT2D eigenvalue weighted by Gasteiger charge is -2.31. The van der Waals surface area contributed by atoms with Crippen LogP contribution in [0.1, 0.15) is 51.0 Å². The number of fused-ring (bicyclic) bond motifs is 1. The SMILES string of the molecule is CC(=O)c1c[nH]c(C(=O)N2CCC(C(=O)c3ccc4c(c3)OCCO4)CC2)c1. The first-order valence-corrected chi connectivity index (χ1v) is 9.45. The van der Waals surface area contributed by atoms with Gasteiger partial charge in [-0.3, -0.25) is 14.4 Å². The number of aromatic nitrogens is 1. The molecule has 1 N–H and O–H groups in total. The van der Waals surface area contributed by atoms with Gasteiger partial charge in [-0.25, -0.2) is 0 Å². The van der Waals surface area contributed by atoms with Gasteiger partial charge in [0.2, 0.25) is 0 Å². The molecule has 0 radical (unpaired) electrons. The summed E-state index contributed by atoms with van der Waals surface area (Å²) in [5, 5.41) is 0. The van der Waals surface area contributed by atoms with E-state index < -0.39 is 0 Å². The molecule has 1 aromatic carbocycles. The number of nitrogens with one attached hydrogen (secondary N) is 1. The third kappa shape index (κ3) is 3.52. The quantitative estimate of drug-likeness (QED) is 0.822. The van der Waals surface area contributed by atoms with Gasteiger partial charge in [0, 0.05) is 36.3 Å². The molecule has 0 atom stereocenters. The highest BCUT2D eigenvalue weighted by molar-refractivity contribution is 6.00. The molecule has 0 bridgehead atoms. The number of benzene rings is 1. The minimum absolute atomic E-state index is 0.0720. The first kappa shape index (κ1) is 18.3. The molecule has 1 aromatic heterocycles. The molecular weight excluding hydrogens is 360 g/mol. The predicted octanol–water partition coefficient (Wildman–Crippen LogP) is 2.72. The normalized spacial score (nSPS) is 16.7. The van der Waals surface area contributed by atoms with Crippen molar-refractivity contribution >= 4 is 17.5 Å².